The van der Waals surface area contributed by atoms with E-state index in [-0.39, 0.29) is 17.6 Å². The first-order valence-electron chi connectivity index (χ1n) is 6.62. The van der Waals surface area contributed by atoms with Gasteiger partial charge in [-0.3, -0.25) is 4.79 Å². The van der Waals surface area contributed by atoms with Gasteiger partial charge in [-0.25, -0.2) is 0 Å². The number of carbonyl (C=O) groups excluding carboxylic acids is 1. The van der Waals surface area contributed by atoms with Gasteiger partial charge in [0.1, 0.15) is 5.75 Å². The molecule has 0 spiro atoms. The molecule has 1 aromatic rings. The Kier molecular flexibility index (Phi) is 3.17. The highest BCUT2D eigenvalue weighted by Crippen LogP contribution is 2.47. The zero-order chi connectivity index (χ0) is 14.4. The van der Waals surface area contributed by atoms with Gasteiger partial charge in [-0.1, -0.05) is 19.1 Å². The molecule has 1 aliphatic rings. The summed E-state index contributed by atoms with van der Waals surface area (Å²) in [5.74, 6) is 0.312. The molecule has 0 aliphatic carbocycles. The Morgan fingerprint density at radius 1 is 1.42 bits per heavy atom. The molecule has 19 heavy (non-hydrogen) atoms. The fourth-order valence-corrected chi connectivity index (χ4v) is 2.73. The van der Waals surface area contributed by atoms with Crippen molar-refractivity contribution in [3.05, 3.63) is 34.9 Å². The minimum atomic E-state index is -0.685. The van der Waals surface area contributed by atoms with Crippen LogP contribution in [0.3, 0.4) is 0 Å². The summed E-state index contributed by atoms with van der Waals surface area (Å²) in [6.45, 7) is 9.65. The molecule has 3 nitrogen and oxygen atoms in total. The molecule has 1 aromatic carbocycles. The van der Waals surface area contributed by atoms with Crippen LogP contribution in [0.4, 0.5) is 5.69 Å². The molecule has 1 unspecified atom stereocenters. The van der Waals surface area contributed by atoms with Gasteiger partial charge in [0.15, 0.2) is 0 Å². The minimum Gasteiger partial charge on any atom is -0.507 e. The molecule has 0 radical (unpaired) electrons. The number of amides is 1. The van der Waals surface area contributed by atoms with Crippen LogP contribution in [-0.2, 0) is 10.2 Å². The fourth-order valence-electron chi connectivity index (χ4n) is 2.73. The fraction of sp³-hybridized carbons (Fsp3) is 0.438. The second kappa shape index (κ2) is 4.41. The summed E-state index contributed by atoms with van der Waals surface area (Å²) in [7, 11) is 0. The lowest BCUT2D eigenvalue weighted by Gasteiger charge is -2.20. The molecular formula is C16H21NO2. The third-order valence-electron chi connectivity index (χ3n) is 3.93. The maximum atomic E-state index is 12.0. The molecule has 2 rings (SSSR count). The van der Waals surface area contributed by atoms with Gasteiger partial charge < -0.3 is 10.4 Å². The SMILES string of the molecule is CC=CC(C)c1cc(C)c2c(c1O)C(C)(C)C(=O)N2. The van der Waals surface area contributed by atoms with Crippen molar-refractivity contribution in [2.45, 2.75) is 46.0 Å². The van der Waals surface area contributed by atoms with Crippen LogP contribution >= 0.6 is 0 Å². The van der Waals surface area contributed by atoms with Crippen LogP contribution in [0.25, 0.3) is 0 Å². The highest BCUT2D eigenvalue weighted by atomic mass is 16.3. The maximum absolute atomic E-state index is 12.0. The number of rotatable bonds is 2. The smallest absolute Gasteiger partial charge is 0.234 e. The summed E-state index contributed by atoms with van der Waals surface area (Å²) in [6, 6.07) is 1.96. The average Bonchev–Trinajstić information content (AvgIpc) is 2.56. The lowest BCUT2D eigenvalue weighted by Crippen LogP contribution is -2.27. The number of carbonyl (C=O) groups is 1. The standard InChI is InChI=1S/C16H21NO2/c1-6-7-9(2)11-8-10(3)13-12(14(11)18)16(4,5)15(19)17-13/h6-9,18H,1-5H3,(H,17,19). The summed E-state index contributed by atoms with van der Waals surface area (Å²) in [4.78, 5) is 12.0. The van der Waals surface area contributed by atoms with E-state index < -0.39 is 5.41 Å². The molecule has 102 valence electrons. The Morgan fingerprint density at radius 2 is 2.05 bits per heavy atom. The van der Waals surface area contributed by atoms with E-state index in [4.69, 9.17) is 0 Å². The number of phenols is 1. The highest BCUT2D eigenvalue weighted by Gasteiger charge is 2.42. The summed E-state index contributed by atoms with van der Waals surface area (Å²) >= 11 is 0. The maximum Gasteiger partial charge on any atom is 0.234 e. The van der Waals surface area contributed by atoms with E-state index in [1.807, 2.05) is 52.8 Å². The van der Waals surface area contributed by atoms with Gasteiger partial charge in [0.05, 0.1) is 11.1 Å². The second-order valence-electron chi connectivity index (χ2n) is 5.77. The first-order chi connectivity index (χ1) is 8.80. The molecule has 0 saturated heterocycles. The molecule has 0 saturated carbocycles. The molecular weight excluding hydrogens is 238 g/mol. The number of nitrogens with one attached hydrogen (secondary N) is 1. The van der Waals surface area contributed by atoms with E-state index >= 15 is 0 Å². The molecule has 1 aliphatic heterocycles. The Bertz CT molecular complexity index is 571. The van der Waals surface area contributed by atoms with E-state index in [1.165, 1.54) is 0 Å². The normalized spacial score (nSPS) is 18.5. The van der Waals surface area contributed by atoms with Crippen LogP contribution in [0.2, 0.25) is 0 Å². The quantitative estimate of drug-likeness (QED) is 0.797. The van der Waals surface area contributed by atoms with Gasteiger partial charge in [0.25, 0.3) is 0 Å². The first-order valence-corrected chi connectivity index (χ1v) is 6.62. The number of phenolic OH excluding ortho intramolecular Hbond substituents is 1. The van der Waals surface area contributed by atoms with Gasteiger partial charge in [0, 0.05) is 17.0 Å². The van der Waals surface area contributed by atoms with Crippen LogP contribution in [0.5, 0.6) is 5.75 Å². The molecule has 1 atom stereocenters. The Labute approximate surface area is 114 Å². The minimum absolute atomic E-state index is 0.0586. The number of anilines is 1. The Hall–Kier alpha value is -1.77. The van der Waals surface area contributed by atoms with E-state index in [1.54, 1.807) is 0 Å². The summed E-state index contributed by atoms with van der Waals surface area (Å²) in [6.07, 6.45) is 4.01. The zero-order valence-corrected chi connectivity index (χ0v) is 12.2. The number of benzene rings is 1. The number of hydrogen-bond donors (Lipinski definition) is 2. The van der Waals surface area contributed by atoms with Gasteiger partial charge in [-0.15, -0.1) is 0 Å². The van der Waals surface area contributed by atoms with Gasteiger partial charge in [0.2, 0.25) is 5.91 Å². The lowest BCUT2D eigenvalue weighted by molar-refractivity contribution is -0.119. The van der Waals surface area contributed by atoms with Crippen molar-refractivity contribution in [2.75, 3.05) is 5.32 Å². The van der Waals surface area contributed by atoms with Crippen molar-refractivity contribution in [3.63, 3.8) is 0 Å². The van der Waals surface area contributed by atoms with Crippen molar-refractivity contribution in [1.29, 1.82) is 0 Å². The van der Waals surface area contributed by atoms with Gasteiger partial charge in [-0.2, -0.15) is 0 Å². The molecule has 1 heterocycles. The van der Waals surface area contributed by atoms with E-state index in [9.17, 15) is 9.90 Å². The summed E-state index contributed by atoms with van der Waals surface area (Å²) < 4.78 is 0. The molecule has 3 heteroatoms. The van der Waals surface area contributed by atoms with Crippen LogP contribution in [0.15, 0.2) is 18.2 Å². The van der Waals surface area contributed by atoms with Gasteiger partial charge >= 0.3 is 0 Å². The molecule has 0 fully saturated rings. The number of allylic oxidation sites excluding steroid dienone is 2. The monoisotopic (exact) mass is 259 g/mol. The van der Waals surface area contributed by atoms with Crippen LogP contribution in [0, 0.1) is 6.92 Å². The van der Waals surface area contributed by atoms with Crippen LogP contribution in [-0.4, -0.2) is 11.0 Å². The summed E-state index contributed by atoms with van der Waals surface area (Å²) in [5, 5.41) is 13.4. The zero-order valence-electron chi connectivity index (χ0n) is 12.2. The molecule has 0 bridgehead atoms. The van der Waals surface area contributed by atoms with E-state index in [2.05, 4.69) is 5.32 Å². The van der Waals surface area contributed by atoms with Crippen molar-refractivity contribution in [3.8, 4) is 5.75 Å². The number of aromatic hydroxyl groups is 1. The average molecular weight is 259 g/mol. The Balaban J connectivity index is 2.69. The number of aryl methyl sites for hydroxylation is 1. The van der Waals surface area contributed by atoms with Crippen LogP contribution in [0.1, 0.15) is 50.3 Å². The highest BCUT2D eigenvalue weighted by molar-refractivity contribution is 6.07. The third-order valence-corrected chi connectivity index (χ3v) is 3.93. The Morgan fingerprint density at radius 3 is 2.63 bits per heavy atom. The predicted octanol–water partition coefficient (Wildman–Crippen LogP) is 3.61. The summed E-state index contributed by atoms with van der Waals surface area (Å²) in [5.41, 5.74) is 2.68. The molecule has 2 N–H and O–H groups in total. The molecule has 0 aromatic heterocycles. The first kappa shape index (κ1) is 13.7. The topological polar surface area (TPSA) is 49.3 Å². The number of fused-ring (bicyclic) bond motifs is 1. The third kappa shape index (κ3) is 1.93. The lowest BCUT2D eigenvalue weighted by atomic mass is 9.82. The van der Waals surface area contributed by atoms with E-state index in [0.717, 1.165) is 22.4 Å². The van der Waals surface area contributed by atoms with Crippen molar-refractivity contribution < 1.29 is 9.90 Å². The van der Waals surface area contributed by atoms with Crippen molar-refractivity contribution in [1.82, 2.24) is 0 Å². The molecule has 1 amide bonds. The van der Waals surface area contributed by atoms with Crippen molar-refractivity contribution in [2.24, 2.45) is 0 Å². The predicted molar refractivity (Wildman–Crippen MR) is 77.7 cm³/mol. The van der Waals surface area contributed by atoms with E-state index in [0.29, 0.717) is 0 Å². The second-order valence-corrected chi connectivity index (χ2v) is 5.77. The van der Waals surface area contributed by atoms with Gasteiger partial charge in [-0.05, 0) is 39.3 Å². The number of hydrogen-bond acceptors (Lipinski definition) is 2. The largest absolute Gasteiger partial charge is 0.507 e. The van der Waals surface area contributed by atoms with Crippen LogP contribution < -0.4 is 5.32 Å². The van der Waals surface area contributed by atoms with Crippen molar-refractivity contribution >= 4 is 11.6 Å².